The number of alkyl halides is 1. The van der Waals surface area contributed by atoms with Crippen LogP contribution in [0, 0.1) is 6.08 Å². The predicted octanol–water partition coefficient (Wildman–Crippen LogP) is 3.11. The van der Waals surface area contributed by atoms with Crippen molar-refractivity contribution in [2.75, 3.05) is 12.3 Å². The fraction of sp³-hybridized carbons (Fsp3) is 0.632. The number of nitrogen functional groups attached to an aromatic ring is 1. The van der Waals surface area contributed by atoms with E-state index in [9.17, 15) is 9.50 Å². The van der Waals surface area contributed by atoms with E-state index in [-0.39, 0.29) is 22.0 Å². The lowest BCUT2D eigenvalue weighted by Gasteiger charge is -2.43. The van der Waals surface area contributed by atoms with Crippen LogP contribution in [-0.2, 0) is 9.16 Å². The van der Waals surface area contributed by atoms with E-state index in [0.717, 1.165) is 0 Å². The molecule has 0 radical (unpaired) electrons. The van der Waals surface area contributed by atoms with Crippen molar-refractivity contribution < 1.29 is 23.1 Å². The summed E-state index contributed by atoms with van der Waals surface area (Å²) in [7, 11) is -2.45. The van der Waals surface area contributed by atoms with Gasteiger partial charge >= 0.3 is 6.08 Å². The number of aliphatic hydroxyl groups is 1. The molecule has 3 N–H and O–H groups in total. The van der Waals surface area contributed by atoms with Gasteiger partial charge in [-0.05, 0) is 30.6 Å². The molecule has 8 nitrogen and oxygen atoms in total. The van der Waals surface area contributed by atoms with Gasteiger partial charge in [0.2, 0.25) is 0 Å². The van der Waals surface area contributed by atoms with Crippen molar-refractivity contribution in [1.29, 1.82) is 0 Å². The number of nitrogens with two attached hydrogens (primary N) is 1. The lowest BCUT2D eigenvalue weighted by atomic mass is 9.90. The average molecular weight is 442 g/mol. The minimum absolute atomic E-state index is 0.00539. The molecule has 2 aromatic heterocycles. The summed E-state index contributed by atoms with van der Waals surface area (Å²) in [5, 5.41) is 10.0. The number of hydrogen-bond acceptors (Lipinski definition) is 7. The number of nitrogens with zero attached hydrogens (tertiary/aromatic N) is 4. The SMILES string of the molecule is C=C(C)[C@]1(CO)O[C@@H](n2cnc3c(N)nc(F)nc32)[C@@H](F)[C@@H]1O[Si](C)(C)C(C)(C)C. The number of aliphatic hydroxyl groups excluding tert-OH is 1. The molecule has 0 bridgehead atoms. The zero-order valence-corrected chi connectivity index (χ0v) is 19.1. The highest BCUT2D eigenvalue weighted by atomic mass is 28.4. The van der Waals surface area contributed by atoms with Gasteiger partial charge in [-0.15, -0.1) is 0 Å². The lowest BCUT2D eigenvalue weighted by molar-refractivity contribution is -0.101. The summed E-state index contributed by atoms with van der Waals surface area (Å²) < 4.78 is 43.4. The molecule has 4 atom stereocenters. The Morgan fingerprint density at radius 3 is 2.60 bits per heavy atom. The number of ether oxygens (including phenoxy) is 1. The van der Waals surface area contributed by atoms with E-state index in [1.807, 2.05) is 33.9 Å². The van der Waals surface area contributed by atoms with Crippen LogP contribution in [0.1, 0.15) is 33.9 Å². The van der Waals surface area contributed by atoms with Crippen molar-refractivity contribution in [2.24, 2.45) is 0 Å². The second kappa shape index (κ2) is 7.33. The van der Waals surface area contributed by atoms with Gasteiger partial charge in [0.05, 0.1) is 12.9 Å². The lowest BCUT2D eigenvalue weighted by Crippen LogP contribution is -2.55. The molecule has 0 aromatic carbocycles. The standard InChI is InChI=1S/C19H29F2N5O3Si/c1-10(2)19(8-27)13(29-30(6,7)18(3,4)5)11(20)16(28-19)26-9-23-12-14(22)24-17(21)25-15(12)26/h9,11,13,16,27H,1,8H2,2-7H3,(H2,22,24,25)/t11-,13-,16+,19-/m0/s1. The van der Waals surface area contributed by atoms with Gasteiger partial charge in [-0.2, -0.15) is 14.4 Å². The number of rotatable bonds is 5. The summed E-state index contributed by atoms with van der Waals surface area (Å²) in [6.45, 7) is 15.1. The van der Waals surface area contributed by atoms with Crippen molar-refractivity contribution >= 4 is 25.3 Å². The number of anilines is 1. The van der Waals surface area contributed by atoms with Crippen LogP contribution in [0.15, 0.2) is 18.5 Å². The minimum Gasteiger partial charge on any atom is -0.407 e. The summed E-state index contributed by atoms with van der Waals surface area (Å²) in [6, 6.07) is 0. The molecule has 166 valence electrons. The van der Waals surface area contributed by atoms with E-state index in [4.69, 9.17) is 14.9 Å². The first kappa shape index (κ1) is 22.7. The highest BCUT2D eigenvalue weighted by Gasteiger charge is 2.60. The Bertz CT molecular complexity index is 977. The molecule has 0 spiro atoms. The van der Waals surface area contributed by atoms with E-state index in [1.165, 1.54) is 10.9 Å². The molecular formula is C19H29F2N5O3Si. The normalized spacial score (nSPS) is 27.7. The van der Waals surface area contributed by atoms with Crippen LogP contribution in [0.2, 0.25) is 18.1 Å². The number of hydrogen-bond donors (Lipinski definition) is 2. The molecule has 1 saturated heterocycles. The zero-order valence-electron chi connectivity index (χ0n) is 18.1. The van der Waals surface area contributed by atoms with Crippen molar-refractivity contribution in [2.45, 2.75) is 69.9 Å². The molecule has 0 unspecified atom stereocenters. The van der Waals surface area contributed by atoms with Crippen LogP contribution < -0.4 is 5.73 Å². The number of imidazole rings is 1. The Hall–Kier alpha value is -1.95. The summed E-state index contributed by atoms with van der Waals surface area (Å²) in [5.74, 6) is -0.160. The molecule has 3 rings (SSSR count). The summed E-state index contributed by atoms with van der Waals surface area (Å²) in [5.41, 5.74) is 4.78. The molecule has 1 fully saturated rings. The largest absolute Gasteiger partial charge is 0.407 e. The topological polar surface area (TPSA) is 108 Å². The van der Waals surface area contributed by atoms with Gasteiger partial charge < -0.3 is 20.0 Å². The van der Waals surface area contributed by atoms with Gasteiger partial charge in [0.15, 0.2) is 37.7 Å². The number of halogens is 2. The Kier molecular flexibility index (Phi) is 5.55. The average Bonchev–Trinajstić information content (AvgIpc) is 3.14. The van der Waals surface area contributed by atoms with Crippen molar-refractivity contribution in [3.8, 4) is 0 Å². The Labute approximate surface area is 175 Å². The first-order chi connectivity index (χ1) is 13.7. The molecule has 0 amide bonds. The van der Waals surface area contributed by atoms with Gasteiger partial charge in [0.1, 0.15) is 11.7 Å². The smallest absolute Gasteiger partial charge is 0.312 e. The molecular weight excluding hydrogens is 412 g/mol. The quantitative estimate of drug-likeness (QED) is 0.417. The molecule has 0 saturated carbocycles. The second-order valence-corrected chi connectivity index (χ2v) is 14.0. The van der Waals surface area contributed by atoms with Crippen molar-refractivity contribution in [1.82, 2.24) is 19.5 Å². The third-order valence-corrected chi connectivity index (χ3v) is 10.7. The van der Waals surface area contributed by atoms with E-state index in [0.29, 0.717) is 5.57 Å². The molecule has 30 heavy (non-hydrogen) atoms. The fourth-order valence-corrected chi connectivity index (χ4v) is 4.63. The van der Waals surface area contributed by atoms with E-state index in [2.05, 4.69) is 21.5 Å². The van der Waals surface area contributed by atoms with E-state index in [1.54, 1.807) is 6.92 Å². The van der Waals surface area contributed by atoms with Crippen molar-refractivity contribution in [3.05, 3.63) is 24.6 Å². The number of aromatic nitrogens is 4. The monoisotopic (exact) mass is 441 g/mol. The molecule has 3 heterocycles. The Morgan fingerprint density at radius 1 is 1.43 bits per heavy atom. The van der Waals surface area contributed by atoms with Crippen molar-refractivity contribution in [3.63, 3.8) is 0 Å². The van der Waals surface area contributed by atoms with Crippen LogP contribution in [0.5, 0.6) is 0 Å². The zero-order chi connectivity index (χ0) is 22.6. The third kappa shape index (κ3) is 3.43. The van der Waals surface area contributed by atoms with E-state index >= 15 is 4.39 Å². The summed E-state index contributed by atoms with van der Waals surface area (Å²) >= 11 is 0. The van der Waals surface area contributed by atoms with Crippen LogP contribution in [-0.4, -0.2) is 57.4 Å². The maximum absolute atomic E-state index is 15.9. The molecule has 1 aliphatic rings. The van der Waals surface area contributed by atoms with Gasteiger partial charge in [-0.25, -0.2) is 9.37 Å². The minimum atomic E-state index is -2.45. The van der Waals surface area contributed by atoms with Crippen LogP contribution >= 0.6 is 0 Å². The fourth-order valence-electron chi connectivity index (χ4n) is 3.32. The number of fused-ring (bicyclic) bond motifs is 1. The van der Waals surface area contributed by atoms with Crippen LogP contribution in [0.3, 0.4) is 0 Å². The van der Waals surface area contributed by atoms with Gasteiger partial charge in [-0.1, -0.05) is 27.4 Å². The van der Waals surface area contributed by atoms with Crippen LogP contribution in [0.25, 0.3) is 11.2 Å². The van der Waals surface area contributed by atoms with Gasteiger partial charge in [-0.3, -0.25) is 4.57 Å². The van der Waals surface area contributed by atoms with Crippen LogP contribution in [0.4, 0.5) is 14.6 Å². The third-order valence-electron chi connectivity index (χ3n) is 6.23. The molecule has 11 heteroatoms. The maximum Gasteiger partial charge on any atom is 0.312 e. The van der Waals surface area contributed by atoms with Gasteiger partial charge in [0.25, 0.3) is 0 Å². The highest BCUT2D eigenvalue weighted by Crippen LogP contribution is 2.48. The Morgan fingerprint density at radius 2 is 2.07 bits per heavy atom. The van der Waals surface area contributed by atoms with Gasteiger partial charge in [0, 0.05) is 0 Å². The second-order valence-electron chi connectivity index (χ2n) is 9.28. The molecule has 2 aromatic rings. The predicted molar refractivity (Wildman–Crippen MR) is 111 cm³/mol. The maximum atomic E-state index is 15.9. The Balaban J connectivity index is 2.11. The first-order valence-electron chi connectivity index (χ1n) is 9.67. The molecule has 0 aliphatic carbocycles. The van der Waals surface area contributed by atoms with E-state index < -0.39 is 45.1 Å². The first-order valence-corrected chi connectivity index (χ1v) is 12.6. The highest BCUT2D eigenvalue weighted by molar-refractivity contribution is 6.74. The summed E-state index contributed by atoms with van der Waals surface area (Å²) in [4.78, 5) is 11.2. The molecule has 1 aliphatic heterocycles. The summed E-state index contributed by atoms with van der Waals surface area (Å²) in [6.07, 6.45) is -3.89.